The monoisotopic (exact) mass is 371 g/mol. The molecule has 0 unspecified atom stereocenters. The van der Waals surface area contributed by atoms with Gasteiger partial charge in [0.15, 0.2) is 6.61 Å². The third-order valence-electron chi connectivity index (χ3n) is 3.83. The first-order chi connectivity index (χ1) is 12.1. The third kappa shape index (κ3) is 2.92. The number of amides is 1. The van der Waals surface area contributed by atoms with E-state index in [0.29, 0.717) is 17.1 Å². The molecule has 3 heterocycles. The number of nitrogens with zero attached hydrogens (tertiary/aromatic N) is 4. The number of rotatable bonds is 4. The highest BCUT2D eigenvalue weighted by molar-refractivity contribution is 7.18. The van der Waals surface area contributed by atoms with Crippen molar-refractivity contribution in [2.45, 2.75) is 13.8 Å². The Morgan fingerprint density at radius 2 is 2.12 bits per heavy atom. The summed E-state index contributed by atoms with van der Waals surface area (Å²) in [4.78, 5) is 22.7. The van der Waals surface area contributed by atoms with Gasteiger partial charge in [0.2, 0.25) is 5.88 Å². The maximum atomic E-state index is 12.3. The van der Waals surface area contributed by atoms with Crippen LogP contribution in [0, 0.1) is 13.8 Å². The van der Waals surface area contributed by atoms with Gasteiger partial charge in [0.05, 0.1) is 22.8 Å². The summed E-state index contributed by atoms with van der Waals surface area (Å²) < 4.78 is 14.0. The van der Waals surface area contributed by atoms with Crippen LogP contribution in [0.15, 0.2) is 24.5 Å². The molecule has 0 spiro atoms. The molecule has 9 heteroatoms. The van der Waals surface area contributed by atoms with E-state index in [-0.39, 0.29) is 12.5 Å². The molecule has 0 aliphatic heterocycles. The van der Waals surface area contributed by atoms with Gasteiger partial charge in [-0.3, -0.25) is 4.79 Å². The number of anilines is 1. The molecule has 1 amide bonds. The lowest BCUT2D eigenvalue weighted by molar-refractivity contribution is -0.118. The molecule has 0 saturated heterocycles. The molecule has 25 heavy (non-hydrogen) atoms. The number of hydrogen-bond acceptors (Lipinski definition) is 8. The van der Waals surface area contributed by atoms with E-state index in [9.17, 15) is 4.79 Å². The topological polar surface area (TPSA) is 89.9 Å². The first-order valence-electron chi connectivity index (χ1n) is 7.48. The smallest absolute Gasteiger partial charge is 0.262 e. The van der Waals surface area contributed by atoms with E-state index in [4.69, 9.17) is 4.74 Å². The zero-order chi connectivity index (χ0) is 17.4. The Morgan fingerprint density at radius 3 is 3.00 bits per heavy atom. The normalized spacial score (nSPS) is 11.1. The van der Waals surface area contributed by atoms with Crippen LogP contribution >= 0.6 is 23.1 Å². The Hall–Kier alpha value is -2.65. The molecule has 0 fully saturated rings. The second-order valence-electron chi connectivity index (χ2n) is 5.42. The lowest BCUT2D eigenvalue weighted by Gasteiger charge is -2.08. The Bertz CT molecular complexity index is 1090. The summed E-state index contributed by atoms with van der Waals surface area (Å²) in [5.74, 6) is 0.146. The molecule has 4 aromatic rings. The van der Waals surface area contributed by atoms with Crippen molar-refractivity contribution < 1.29 is 9.53 Å². The molecular weight excluding hydrogens is 358 g/mol. The molecule has 3 aromatic heterocycles. The molecule has 1 aromatic carbocycles. The molecule has 0 aliphatic carbocycles. The van der Waals surface area contributed by atoms with Crippen LogP contribution in [0.4, 0.5) is 5.69 Å². The maximum Gasteiger partial charge on any atom is 0.262 e. The summed E-state index contributed by atoms with van der Waals surface area (Å²) in [7, 11) is 0. The third-order valence-corrected chi connectivity index (χ3v) is 5.49. The van der Waals surface area contributed by atoms with Crippen LogP contribution in [-0.4, -0.2) is 31.2 Å². The molecule has 7 nitrogen and oxygen atoms in total. The number of fused-ring (bicyclic) bond motifs is 2. The van der Waals surface area contributed by atoms with Crippen molar-refractivity contribution in [2.75, 3.05) is 11.9 Å². The lowest BCUT2D eigenvalue weighted by atomic mass is 10.2. The molecule has 0 atom stereocenters. The van der Waals surface area contributed by atoms with Crippen LogP contribution in [0.2, 0.25) is 0 Å². The largest absolute Gasteiger partial charge is 0.467 e. The molecule has 1 N–H and O–H groups in total. The first kappa shape index (κ1) is 15.9. The van der Waals surface area contributed by atoms with Crippen LogP contribution in [0.3, 0.4) is 0 Å². The molecule has 0 bridgehead atoms. The van der Waals surface area contributed by atoms with Gasteiger partial charge in [-0.15, -0.1) is 11.3 Å². The van der Waals surface area contributed by atoms with Crippen molar-refractivity contribution in [1.29, 1.82) is 0 Å². The van der Waals surface area contributed by atoms with Crippen LogP contribution in [0.25, 0.3) is 21.3 Å². The zero-order valence-electron chi connectivity index (χ0n) is 13.4. The van der Waals surface area contributed by atoms with Crippen molar-refractivity contribution in [2.24, 2.45) is 0 Å². The Labute approximate surface area is 151 Å². The molecule has 126 valence electrons. The second-order valence-corrected chi connectivity index (χ2v) is 7.15. The highest BCUT2D eigenvalue weighted by Gasteiger charge is 2.15. The number of hydrogen-bond donors (Lipinski definition) is 1. The number of carbonyl (C=O) groups is 1. The van der Waals surface area contributed by atoms with E-state index in [1.165, 1.54) is 6.33 Å². The van der Waals surface area contributed by atoms with E-state index < -0.39 is 0 Å². The van der Waals surface area contributed by atoms with Crippen molar-refractivity contribution in [3.8, 4) is 5.88 Å². The second kappa shape index (κ2) is 6.34. The predicted octanol–water partition coefficient (Wildman–Crippen LogP) is 3.33. The number of aryl methyl sites for hydroxylation is 2. The van der Waals surface area contributed by atoms with Gasteiger partial charge in [-0.1, -0.05) is 6.07 Å². The maximum absolute atomic E-state index is 12.3. The van der Waals surface area contributed by atoms with E-state index in [1.54, 1.807) is 17.4 Å². The van der Waals surface area contributed by atoms with Gasteiger partial charge >= 0.3 is 0 Å². The number of aromatic nitrogens is 4. The molecular formula is C16H13N5O2S2. The predicted molar refractivity (Wildman–Crippen MR) is 98.4 cm³/mol. The van der Waals surface area contributed by atoms with Gasteiger partial charge in [-0.2, -0.15) is 8.75 Å². The average molecular weight is 371 g/mol. The number of ether oxygens (including phenoxy) is 1. The fourth-order valence-electron chi connectivity index (χ4n) is 2.49. The summed E-state index contributed by atoms with van der Waals surface area (Å²) in [5, 5.41) is 3.67. The lowest BCUT2D eigenvalue weighted by Crippen LogP contribution is -2.20. The molecule has 4 rings (SSSR count). The van der Waals surface area contributed by atoms with Crippen LogP contribution in [0.5, 0.6) is 5.88 Å². The minimum atomic E-state index is -0.281. The van der Waals surface area contributed by atoms with Crippen LogP contribution < -0.4 is 10.1 Å². The van der Waals surface area contributed by atoms with Crippen LogP contribution in [-0.2, 0) is 4.79 Å². The van der Waals surface area contributed by atoms with E-state index >= 15 is 0 Å². The number of thiophene rings is 1. The van der Waals surface area contributed by atoms with Crippen molar-refractivity contribution >= 4 is 55.9 Å². The van der Waals surface area contributed by atoms with Gasteiger partial charge in [0.1, 0.15) is 22.2 Å². The Kier molecular flexibility index (Phi) is 4.02. The first-order valence-corrected chi connectivity index (χ1v) is 9.03. The highest BCUT2D eigenvalue weighted by atomic mass is 32.1. The van der Waals surface area contributed by atoms with Gasteiger partial charge in [-0.25, -0.2) is 9.97 Å². The standard InChI is InChI=1S/C16H13N5O2S2/c1-8-9(2)24-16-13(8)15(17-7-18-16)23-6-12(22)19-10-4-3-5-11-14(10)21-25-20-11/h3-5,7H,6H2,1-2H3,(H,19,22). The Morgan fingerprint density at radius 1 is 1.24 bits per heavy atom. The molecule has 0 aliphatic rings. The number of nitrogens with one attached hydrogen (secondary N) is 1. The summed E-state index contributed by atoms with van der Waals surface area (Å²) in [5.41, 5.74) is 3.13. The SMILES string of the molecule is Cc1sc2ncnc(OCC(=O)Nc3cccc4nsnc34)c2c1C. The highest BCUT2D eigenvalue weighted by Crippen LogP contribution is 2.33. The summed E-state index contributed by atoms with van der Waals surface area (Å²) in [6.07, 6.45) is 1.45. The number of carbonyl (C=O) groups excluding carboxylic acids is 1. The fraction of sp³-hybridized carbons (Fsp3) is 0.188. The van der Waals surface area contributed by atoms with Crippen molar-refractivity contribution in [1.82, 2.24) is 18.7 Å². The van der Waals surface area contributed by atoms with E-state index in [1.807, 2.05) is 26.0 Å². The van der Waals surface area contributed by atoms with Gasteiger partial charge in [0, 0.05) is 4.88 Å². The van der Waals surface area contributed by atoms with Gasteiger partial charge < -0.3 is 10.1 Å². The van der Waals surface area contributed by atoms with Gasteiger partial charge in [-0.05, 0) is 31.5 Å². The average Bonchev–Trinajstić information content (AvgIpc) is 3.19. The Balaban J connectivity index is 1.52. The van der Waals surface area contributed by atoms with E-state index in [2.05, 4.69) is 24.0 Å². The molecule has 0 saturated carbocycles. The van der Waals surface area contributed by atoms with Crippen LogP contribution in [0.1, 0.15) is 10.4 Å². The number of benzene rings is 1. The van der Waals surface area contributed by atoms with Crippen molar-refractivity contribution in [3.63, 3.8) is 0 Å². The summed E-state index contributed by atoms with van der Waals surface area (Å²) >= 11 is 2.70. The van der Waals surface area contributed by atoms with Crippen molar-refractivity contribution in [3.05, 3.63) is 35.0 Å². The summed E-state index contributed by atoms with van der Waals surface area (Å²) in [6.45, 7) is 3.88. The quantitative estimate of drug-likeness (QED) is 0.592. The minimum absolute atomic E-state index is 0.144. The summed E-state index contributed by atoms with van der Waals surface area (Å²) in [6, 6.07) is 5.47. The van der Waals surface area contributed by atoms with Gasteiger partial charge in [0.25, 0.3) is 5.91 Å². The fourth-order valence-corrected chi connectivity index (χ4v) is 4.02. The molecule has 0 radical (unpaired) electrons. The zero-order valence-corrected chi connectivity index (χ0v) is 15.1. The minimum Gasteiger partial charge on any atom is -0.467 e. The van der Waals surface area contributed by atoms with E-state index in [0.717, 1.165) is 37.9 Å².